The Bertz CT molecular complexity index is 621. The SMILES string of the molecule is O=C(CCCCc1ccccc1)Nc1ccc(C(=O)O)cc1. The Morgan fingerprint density at radius 1 is 0.909 bits per heavy atom. The van der Waals surface area contributed by atoms with Crippen LogP contribution in [0, 0.1) is 0 Å². The minimum atomic E-state index is -0.973. The van der Waals surface area contributed by atoms with E-state index in [0.717, 1.165) is 19.3 Å². The topological polar surface area (TPSA) is 66.4 Å². The molecule has 2 aromatic rings. The molecule has 0 aromatic heterocycles. The van der Waals surface area contributed by atoms with Gasteiger partial charge in [0, 0.05) is 12.1 Å². The summed E-state index contributed by atoms with van der Waals surface area (Å²) in [6.45, 7) is 0. The van der Waals surface area contributed by atoms with Crippen molar-refractivity contribution >= 4 is 17.6 Å². The van der Waals surface area contributed by atoms with Gasteiger partial charge in [-0.15, -0.1) is 0 Å². The second-order valence-electron chi connectivity index (χ2n) is 5.12. The van der Waals surface area contributed by atoms with Gasteiger partial charge in [-0.3, -0.25) is 4.79 Å². The van der Waals surface area contributed by atoms with Crippen LogP contribution in [-0.2, 0) is 11.2 Å². The number of hydrogen-bond acceptors (Lipinski definition) is 2. The Morgan fingerprint density at radius 3 is 2.23 bits per heavy atom. The quantitative estimate of drug-likeness (QED) is 0.765. The lowest BCUT2D eigenvalue weighted by molar-refractivity contribution is -0.116. The number of nitrogens with one attached hydrogen (secondary N) is 1. The lowest BCUT2D eigenvalue weighted by Gasteiger charge is -2.06. The normalized spacial score (nSPS) is 10.2. The fourth-order valence-electron chi connectivity index (χ4n) is 2.18. The van der Waals surface area contributed by atoms with Gasteiger partial charge in [0.15, 0.2) is 0 Å². The summed E-state index contributed by atoms with van der Waals surface area (Å²) >= 11 is 0. The summed E-state index contributed by atoms with van der Waals surface area (Å²) in [5.41, 5.74) is 2.12. The van der Waals surface area contributed by atoms with Gasteiger partial charge in [-0.25, -0.2) is 4.79 Å². The highest BCUT2D eigenvalue weighted by atomic mass is 16.4. The molecule has 114 valence electrons. The molecule has 0 bridgehead atoms. The highest BCUT2D eigenvalue weighted by molar-refractivity contribution is 5.92. The molecule has 1 amide bonds. The lowest BCUT2D eigenvalue weighted by Crippen LogP contribution is -2.11. The molecule has 0 spiro atoms. The van der Waals surface area contributed by atoms with E-state index < -0.39 is 5.97 Å². The number of carboxylic acids is 1. The van der Waals surface area contributed by atoms with Crippen molar-refractivity contribution in [2.24, 2.45) is 0 Å². The van der Waals surface area contributed by atoms with Crippen molar-refractivity contribution < 1.29 is 14.7 Å². The van der Waals surface area contributed by atoms with Crippen molar-refractivity contribution in [3.05, 3.63) is 65.7 Å². The molecule has 22 heavy (non-hydrogen) atoms. The molecule has 0 saturated heterocycles. The van der Waals surface area contributed by atoms with Crippen LogP contribution in [0.15, 0.2) is 54.6 Å². The van der Waals surface area contributed by atoms with Gasteiger partial charge >= 0.3 is 5.97 Å². The van der Waals surface area contributed by atoms with Crippen molar-refractivity contribution in [3.8, 4) is 0 Å². The van der Waals surface area contributed by atoms with E-state index in [1.807, 2.05) is 18.2 Å². The monoisotopic (exact) mass is 297 g/mol. The maximum atomic E-state index is 11.8. The van der Waals surface area contributed by atoms with E-state index in [4.69, 9.17) is 5.11 Å². The molecule has 0 unspecified atom stereocenters. The van der Waals surface area contributed by atoms with Crippen molar-refractivity contribution in [1.82, 2.24) is 0 Å². The third kappa shape index (κ3) is 5.05. The Morgan fingerprint density at radius 2 is 1.59 bits per heavy atom. The predicted octanol–water partition coefficient (Wildman–Crippen LogP) is 3.74. The predicted molar refractivity (Wildman–Crippen MR) is 86.0 cm³/mol. The number of aryl methyl sites for hydroxylation is 1. The van der Waals surface area contributed by atoms with Gasteiger partial charge in [0.25, 0.3) is 0 Å². The van der Waals surface area contributed by atoms with Gasteiger partial charge in [-0.2, -0.15) is 0 Å². The number of hydrogen-bond donors (Lipinski definition) is 2. The van der Waals surface area contributed by atoms with Crippen LogP contribution in [0.4, 0.5) is 5.69 Å². The molecule has 0 aliphatic carbocycles. The van der Waals surface area contributed by atoms with Crippen molar-refractivity contribution in [2.75, 3.05) is 5.32 Å². The summed E-state index contributed by atoms with van der Waals surface area (Å²) in [5.74, 6) is -1.02. The second kappa shape index (κ2) is 7.98. The second-order valence-corrected chi connectivity index (χ2v) is 5.12. The number of carbonyl (C=O) groups is 2. The van der Waals surface area contributed by atoms with Crippen LogP contribution >= 0.6 is 0 Å². The maximum Gasteiger partial charge on any atom is 0.335 e. The van der Waals surface area contributed by atoms with E-state index in [-0.39, 0.29) is 11.5 Å². The highest BCUT2D eigenvalue weighted by Gasteiger charge is 2.05. The zero-order chi connectivity index (χ0) is 15.8. The van der Waals surface area contributed by atoms with E-state index in [1.165, 1.54) is 17.7 Å². The van der Waals surface area contributed by atoms with Crippen LogP contribution in [0.25, 0.3) is 0 Å². The Labute approximate surface area is 129 Å². The first-order valence-corrected chi connectivity index (χ1v) is 7.32. The first kappa shape index (κ1) is 15.8. The summed E-state index contributed by atoms with van der Waals surface area (Å²) in [6.07, 6.45) is 3.23. The van der Waals surface area contributed by atoms with Crippen LogP contribution in [0.2, 0.25) is 0 Å². The average molecular weight is 297 g/mol. The summed E-state index contributed by atoms with van der Waals surface area (Å²) < 4.78 is 0. The molecule has 0 aliphatic heterocycles. The van der Waals surface area contributed by atoms with Crippen molar-refractivity contribution in [3.63, 3.8) is 0 Å². The molecule has 4 nitrogen and oxygen atoms in total. The van der Waals surface area contributed by atoms with Crippen LogP contribution < -0.4 is 5.32 Å². The van der Waals surface area contributed by atoms with Gasteiger partial charge < -0.3 is 10.4 Å². The number of carboxylic acid groups (broad SMARTS) is 1. The number of unbranched alkanes of at least 4 members (excludes halogenated alkanes) is 1. The lowest BCUT2D eigenvalue weighted by atomic mass is 10.1. The van der Waals surface area contributed by atoms with Gasteiger partial charge in [-0.1, -0.05) is 30.3 Å². The molecule has 2 aromatic carbocycles. The Kier molecular flexibility index (Phi) is 5.72. The van der Waals surface area contributed by atoms with E-state index in [2.05, 4.69) is 17.4 Å². The number of anilines is 1. The van der Waals surface area contributed by atoms with Crippen LogP contribution in [0.5, 0.6) is 0 Å². The van der Waals surface area contributed by atoms with E-state index in [9.17, 15) is 9.59 Å². The average Bonchev–Trinajstić information content (AvgIpc) is 2.53. The zero-order valence-electron chi connectivity index (χ0n) is 12.3. The smallest absolute Gasteiger partial charge is 0.335 e. The van der Waals surface area contributed by atoms with Crippen LogP contribution in [0.1, 0.15) is 35.2 Å². The first-order chi connectivity index (χ1) is 10.6. The summed E-state index contributed by atoms with van der Waals surface area (Å²) in [7, 11) is 0. The van der Waals surface area contributed by atoms with Gasteiger partial charge in [-0.05, 0) is 49.1 Å². The number of carbonyl (C=O) groups excluding carboxylic acids is 1. The fourth-order valence-corrected chi connectivity index (χ4v) is 2.18. The zero-order valence-corrected chi connectivity index (χ0v) is 12.3. The van der Waals surface area contributed by atoms with E-state index in [1.54, 1.807) is 12.1 Å². The summed E-state index contributed by atoms with van der Waals surface area (Å²) in [6, 6.07) is 16.4. The number of aromatic carboxylic acids is 1. The summed E-state index contributed by atoms with van der Waals surface area (Å²) in [4.78, 5) is 22.6. The summed E-state index contributed by atoms with van der Waals surface area (Å²) in [5, 5.41) is 11.6. The molecule has 2 rings (SSSR count). The minimum Gasteiger partial charge on any atom is -0.478 e. The van der Waals surface area contributed by atoms with Crippen molar-refractivity contribution in [2.45, 2.75) is 25.7 Å². The van der Waals surface area contributed by atoms with Crippen LogP contribution in [-0.4, -0.2) is 17.0 Å². The Balaban J connectivity index is 1.70. The third-order valence-electron chi connectivity index (χ3n) is 3.38. The standard InChI is InChI=1S/C18H19NO3/c20-17(9-5-4-8-14-6-2-1-3-7-14)19-16-12-10-15(11-13-16)18(21)22/h1-3,6-7,10-13H,4-5,8-9H2,(H,19,20)(H,21,22). The molecule has 4 heteroatoms. The molecule has 0 heterocycles. The van der Waals surface area contributed by atoms with Gasteiger partial charge in [0.1, 0.15) is 0 Å². The molecule has 0 saturated carbocycles. The number of rotatable bonds is 7. The third-order valence-corrected chi connectivity index (χ3v) is 3.38. The van der Waals surface area contributed by atoms with Gasteiger partial charge in [0.05, 0.1) is 5.56 Å². The fraction of sp³-hybridized carbons (Fsp3) is 0.222. The number of amides is 1. The maximum absolute atomic E-state index is 11.8. The largest absolute Gasteiger partial charge is 0.478 e. The molecule has 2 N–H and O–H groups in total. The molecular formula is C18H19NO3. The van der Waals surface area contributed by atoms with E-state index in [0.29, 0.717) is 12.1 Å². The number of benzene rings is 2. The molecule has 0 atom stereocenters. The highest BCUT2D eigenvalue weighted by Crippen LogP contribution is 2.11. The molecule has 0 fully saturated rings. The van der Waals surface area contributed by atoms with Crippen molar-refractivity contribution in [1.29, 1.82) is 0 Å². The van der Waals surface area contributed by atoms with Crippen LogP contribution in [0.3, 0.4) is 0 Å². The van der Waals surface area contributed by atoms with E-state index >= 15 is 0 Å². The first-order valence-electron chi connectivity index (χ1n) is 7.32. The molecule has 0 radical (unpaired) electrons. The van der Waals surface area contributed by atoms with Gasteiger partial charge in [0.2, 0.25) is 5.91 Å². The molecule has 0 aliphatic rings. The minimum absolute atomic E-state index is 0.0452. The molecular weight excluding hydrogens is 278 g/mol. The Hall–Kier alpha value is -2.62.